The lowest BCUT2D eigenvalue weighted by atomic mass is 10.2. The molecular weight excluding hydrogens is 248 g/mol. The summed E-state index contributed by atoms with van der Waals surface area (Å²) in [6, 6.07) is 7.03. The zero-order valence-electron chi connectivity index (χ0n) is 11.3. The first-order valence-corrected chi connectivity index (χ1v) is 7.98. The smallest absolute Gasteiger partial charge is 0.177 e. The lowest BCUT2D eigenvalue weighted by Crippen LogP contribution is -2.14. The molecule has 0 aliphatic carbocycles. The molecule has 0 amide bonds. The quantitative estimate of drug-likeness (QED) is 0.768. The lowest BCUT2D eigenvalue weighted by Gasteiger charge is -2.12. The second kappa shape index (κ2) is 6.75. The Morgan fingerprint density at radius 2 is 1.83 bits per heavy atom. The fourth-order valence-electron chi connectivity index (χ4n) is 1.71. The van der Waals surface area contributed by atoms with Crippen LogP contribution >= 0.6 is 0 Å². The van der Waals surface area contributed by atoms with Crippen LogP contribution in [0, 0.1) is 0 Å². The Kier molecular flexibility index (Phi) is 5.62. The topological polar surface area (TPSA) is 49.4 Å². The van der Waals surface area contributed by atoms with Crippen LogP contribution < -0.4 is 5.32 Å². The van der Waals surface area contributed by atoms with Crippen LogP contribution in [0.3, 0.4) is 0 Å². The third-order valence-corrected chi connectivity index (χ3v) is 3.79. The van der Waals surface area contributed by atoms with Crippen molar-refractivity contribution in [2.45, 2.75) is 17.7 Å². The Labute approximate surface area is 110 Å². The van der Waals surface area contributed by atoms with E-state index in [0.717, 1.165) is 25.9 Å². The Hall–Kier alpha value is -1.07. The number of hydrogen-bond donors (Lipinski definition) is 1. The van der Waals surface area contributed by atoms with Gasteiger partial charge in [0.15, 0.2) is 9.84 Å². The standard InChI is InChI=1S/C13H22N2O2S/c1-15(2)11-7-6-10-14-12-8-4-5-9-13(12)18(3,16)17/h4-5,8-9,14H,6-7,10-11H2,1-3H3. The van der Waals surface area contributed by atoms with Gasteiger partial charge in [0.2, 0.25) is 0 Å². The molecule has 0 saturated carbocycles. The van der Waals surface area contributed by atoms with Crippen LogP contribution in [0.4, 0.5) is 5.69 Å². The highest BCUT2D eigenvalue weighted by molar-refractivity contribution is 7.90. The zero-order chi connectivity index (χ0) is 13.6. The first kappa shape index (κ1) is 15.0. The molecule has 0 radical (unpaired) electrons. The molecule has 0 heterocycles. The molecule has 1 aromatic carbocycles. The number of benzene rings is 1. The van der Waals surface area contributed by atoms with Crippen LogP contribution in [0.2, 0.25) is 0 Å². The van der Waals surface area contributed by atoms with Gasteiger partial charge in [-0.2, -0.15) is 0 Å². The van der Waals surface area contributed by atoms with Crippen molar-refractivity contribution in [3.8, 4) is 0 Å². The minimum absolute atomic E-state index is 0.373. The second-order valence-electron chi connectivity index (χ2n) is 4.71. The van der Waals surface area contributed by atoms with Crippen molar-refractivity contribution in [1.82, 2.24) is 4.90 Å². The second-order valence-corrected chi connectivity index (χ2v) is 6.69. The van der Waals surface area contributed by atoms with Gasteiger partial charge in [0.1, 0.15) is 0 Å². The highest BCUT2D eigenvalue weighted by Gasteiger charge is 2.11. The SMILES string of the molecule is CN(C)CCCCNc1ccccc1S(C)(=O)=O. The van der Waals surface area contributed by atoms with E-state index in [2.05, 4.69) is 10.2 Å². The fraction of sp³-hybridized carbons (Fsp3) is 0.538. The normalized spacial score (nSPS) is 11.8. The van der Waals surface area contributed by atoms with E-state index >= 15 is 0 Å². The number of para-hydroxylation sites is 1. The molecule has 0 bridgehead atoms. The summed E-state index contributed by atoms with van der Waals surface area (Å²) in [6.07, 6.45) is 3.36. The summed E-state index contributed by atoms with van der Waals surface area (Å²) in [4.78, 5) is 2.52. The van der Waals surface area contributed by atoms with Gasteiger partial charge in [-0.1, -0.05) is 12.1 Å². The van der Waals surface area contributed by atoms with E-state index in [1.54, 1.807) is 12.1 Å². The Morgan fingerprint density at radius 3 is 2.44 bits per heavy atom. The molecule has 5 heteroatoms. The molecule has 0 aromatic heterocycles. The fourth-order valence-corrected chi connectivity index (χ4v) is 2.58. The molecule has 1 rings (SSSR count). The van der Waals surface area contributed by atoms with Gasteiger partial charge in [0.05, 0.1) is 10.6 Å². The van der Waals surface area contributed by atoms with Gasteiger partial charge >= 0.3 is 0 Å². The summed E-state index contributed by atoms with van der Waals surface area (Å²) in [5, 5.41) is 3.20. The van der Waals surface area contributed by atoms with Crippen LogP contribution in [-0.2, 0) is 9.84 Å². The van der Waals surface area contributed by atoms with Crippen LogP contribution in [0.1, 0.15) is 12.8 Å². The molecule has 0 aliphatic heterocycles. The monoisotopic (exact) mass is 270 g/mol. The molecule has 102 valence electrons. The molecule has 4 nitrogen and oxygen atoms in total. The van der Waals surface area contributed by atoms with E-state index in [0.29, 0.717) is 10.6 Å². The largest absolute Gasteiger partial charge is 0.384 e. The summed E-state index contributed by atoms with van der Waals surface area (Å²) in [5.74, 6) is 0. The summed E-state index contributed by atoms with van der Waals surface area (Å²) in [5.41, 5.74) is 0.699. The van der Waals surface area contributed by atoms with Gasteiger partial charge in [-0.3, -0.25) is 0 Å². The van der Waals surface area contributed by atoms with E-state index in [9.17, 15) is 8.42 Å². The molecular formula is C13H22N2O2S. The van der Waals surface area contributed by atoms with Crippen LogP contribution in [-0.4, -0.2) is 46.8 Å². The predicted octanol–water partition coefficient (Wildman–Crippen LogP) is 1.84. The molecule has 0 unspecified atom stereocenters. The van der Waals surface area contributed by atoms with Crippen LogP contribution in [0.5, 0.6) is 0 Å². The Morgan fingerprint density at radius 1 is 1.17 bits per heavy atom. The van der Waals surface area contributed by atoms with Crippen molar-refractivity contribution in [2.24, 2.45) is 0 Å². The highest BCUT2D eigenvalue weighted by atomic mass is 32.2. The zero-order valence-corrected chi connectivity index (χ0v) is 12.1. The third kappa shape index (κ3) is 5.06. The van der Waals surface area contributed by atoms with E-state index in [4.69, 9.17) is 0 Å². The molecule has 1 aromatic rings. The van der Waals surface area contributed by atoms with Crippen molar-refractivity contribution in [3.63, 3.8) is 0 Å². The molecule has 0 aliphatic rings. The summed E-state index contributed by atoms with van der Waals surface area (Å²) in [7, 11) is 0.936. The van der Waals surface area contributed by atoms with Gasteiger partial charge in [0, 0.05) is 12.8 Å². The van der Waals surface area contributed by atoms with Gasteiger partial charge in [0.25, 0.3) is 0 Å². The number of rotatable bonds is 7. The maximum atomic E-state index is 11.6. The van der Waals surface area contributed by atoms with E-state index < -0.39 is 9.84 Å². The number of sulfone groups is 1. The molecule has 0 spiro atoms. The predicted molar refractivity (Wildman–Crippen MR) is 75.8 cm³/mol. The molecule has 0 fully saturated rings. The first-order valence-electron chi connectivity index (χ1n) is 6.09. The average molecular weight is 270 g/mol. The highest BCUT2D eigenvalue weighted by Crippen LogP contribution is 2.20. The van der Waals surface area contributed by atoms with Gasteiger partial charge in [-0.25, -0.2) is 8.42 Å². The summed E-state index contributed by atoms with van der Waals surface area (Å²) < 4.78 is 23.2. The van der Waals surface area contributed by atoms with Gasteiger partial charge < -0.3 is 10.2 Å². The molecule has 18 heavy (non-hydrogen) atoms. The minimum Gasteiger partial charge on any atom is -0.384 e. The summed E-state index contributed by atoms with van der Waals surface area (Å²) >= 11 is 0. The number of anilines is 1. The van der Waals surface area contributed by atoms with Crippen molar-refractivity contribution >= 4 is 15.5 Å². The van der Waals surface area contributed by atoms with Crippen molar-refractivity contribution < 1.29 is 8.42 Å². The van der Waals surface area contributed by atoms with Crippen LogP contribution in [0.25, 0.3) is 0 Å². The van der Waals surface area contributed by atoms with Gasteiger partial charge in [-0.05, 0) is 45.6 Å². The Balaban J connectivity index is 2.53. The first-order chi connectivity index (χ1) is 8.41. The number of hydrogen-bond acceptors (Lipinski definition) is 4. The lowest BCUT2D eigenvalue weighted by molar-refractivity contribution is 0.396. The van der Waals surface area contributed by atoms with Crippen molar-refractivity contribution in [1.29, 1.82) is 0 Å². The van der Waals surface area contributed by atoms with E-state index in [1.807, 2.05) is 26.2 Å². The van der Waals surface area contributed by atoms with Crippen LogP contribution in [0.15, 0.2) is 29.2 Å². The number of unbranched alkanes of at least 4 members (excludes halogenated alkanes) is 1. The molecule has 0 saturated heterocycles. The maximum Gasteiger partial charge on any atom is 0.177 e. The Bertz CT molecular complexity index is 470. The van der Waals surface area contributed by atoms with Crippen molar-refractivity contribution in [3.05, 3.63) is 24.3 Å². The number of nitrogens with one attached hydrogen (secondary N) is 1. The van der Waals surface area contributed by atoms with E-state index in [-0.39, 0.29) is 0 Å². The number of nitrogens with zero attached hydrogens (tertiary/aromatic N) is 1. The van der Waals surface area contributed by atoms with Gasteiger partial charge in [-0.15, -0.1) is 0 Å². The van der Waals surface area contributed by atoms with E-state index in [1.165, 1.54) is 6.26 Å². The summed E-state index contributed by atoms with van der Waals surface area (Å²) in [6.45, 7) is 1.84. The third-order valence-electron chi connectivity index (χ3n) is 2.63. The average Bonchev–Trinajstić information content (AvgIpc) is 2.27. The maximum absolute atomic E-state index is 11.6. The minimum atomic E-state index is -3.16. The molecule has 1 N–H and O–H groups in total. The molecule has 0 atom stereocenters. The van der Waals surface area contributed by atoms with Crippen molar-refractivity contribution in [2.75, 3.05) is 38.8 Å².